The molecule has 0 aromatic heterocycles. The van der Waals surface area contributed by atoms with E-state index < -0.39 is 58.9 Å². The molecule has 0 amide bonds. The zero-order valence-electron chi connectivity index (χ0n) is 16.2. The molecule has 0 radical (unpaired) electrons. The van der Waals surface area contributed by atoms with Gasteiger partial charge in [0.1, 0.15) is 5.82 Å². The highest BCUT2D eigenvalue weighted by Crippen LogP contribution is 2.65. The molecule has 0 unspecified atom stereocenters. The van der Waals surface area contributed by atoms with Gasteiger partial charge >= 0.3 is 18.5 Å². The fraction of sp³-hybridized carbons (Fsp3) is 0.450. The van der Waals surface area contributed by atoms with E-state index in [0.717, 1.165) is 23.1 Å². The molecule has 1 aliphatic carbocycles. The van der Waals surface area contributed by atoms with Crippen molar-refractivity contribution < 1.29 is 39.5 Å². The van der Waals surface area contributed by atoms with E-state index in [2.05, 4.69) is 0 Å². The Hall–Kier alpha value is -2.84. The van der Waals surface area contributed by atoms with Crippen molar-refractivity contribution in [1.29, 1.82) is 5.26 Å². The summed E-state index contributed by atoms with van der Waals surface area (Å²) >= 11 is 0. The Morgan fingerprint density at radius 3 is 1.97 bits per heavy atom. The first-order valence-corrected chi connectivity index (χ1v) is 9.39. The van der Waals surface area contributed by atoms with Crippen molar-refractivity contribution in [3.8, 4) is 6.07 Å². The predicted molar refractivity (Wildman–Crippen MR) is 95.3 cm³/mol. The largest absolute Gasteiger partial charge is 0.416 e. The van der Waals surface area contributed by atoms with Gasteiger partial charge in [-0.25, -0.2) is 0 Å². The van der Waals surface area contributed by atoms with Crippen LogP contribution in [0.5, 0.6) is 0 Å². The van der Waals surface area contributed by atoms with Gasteiger partial charge in [0.25, 0.3) is 0 Å². The Morgan fingerprint density at radius 2 is 1.50 bits per heavy atom. The number of nitrogens with zero attached hydrogens (tertiary/aromatic N) is 2. The highest BCUT2D eigenvalue weighted by atomic mass is 19.4. The van der Waals surface area contributed by atoms with Gasteiger partial charge < -0.3 is 5.73 Å². The monoisotopic (exact) mass is 469 g/mol. The van der Waals surface area contributed by atoms with Gasteiger partial charge in [-0.2, -0.15) is 44.8 Å². The Labute approximate surface area is 176 Å². The van der Waals surface area contributed by atoms with E-state index >= 15 is 0 Å². The summed E-state index contributed by atoms with van der Waals surface area (Å²) in [7, 11) is 0. The van der Waals surface area contributed by atoms with Crippen LogP contribution in [0, 0.1) is 22.7 Å². The van der Waals surface area contributed by atoms with E-state index in [1.54, 1.807) is 0 Å². The second kappa shape index (κ2) is 7.64. The van der Waals surface area contributed by atoms with Crippen LogP contribution in [0.3, 0.4) is 0 Å². The lowest BCUT2D eigenvalue weighted by Gasteiger charge is -2.50. The lowest BCUT2D eigenvalue weighted by atomic mass is 9.63. The first-order valence-electron chi connectivity index (χ1n) is 9.39. The maximum Gasteiger partial charge on any atom is 0.416 e. The van der Waals surface area contributed by atoms with E-state index in [9.17, 15) is 44.8 Å². The Kier molecular flexibility index (Phi) is 5.68. The van der Waals surface area contributed by atoms with Crippen molar-refractivity contribution in [2.45, 2.75) is 44.2 Å². The zero-order valence-corrected chi connectivity index (χ0v) is 16.2. The summed E-state index contributed by atoms with van der Waals surface area (Å²) in [5, 5.41) is 9.42. The zero-order chi connectivity index (χ0) is 24.1. The summed E-state index contributed by atoms with van der Waals surface area (Å²) in [4.78, 5) is 0.824. The van der Waals surface area contributed by atoms with Gasteiger partial charge in [0, 0.05) is 17.3 Å². The second-order valence-electron chi connectivity index (χ2n) is 7.52. The molecule has 1 aromatic carbocycles. The number of allylic oxidation sites excluding steroid dienone is 3. The predicted octanol–water partition coefficient (Wildman–Crippen LogP) is 6.40. The van der Waals surface area contributed by atoms with Gasteiger partial charge in [0.2, 0.25) is 5.41 Å². The lowest BCUT2D eigenvalue weighted by Crippen LogP contribution is -2.61. The molecule has 174 valence electrons. The summed E-state index contributed by atoms with van der Waals surface area (Å²) in [5.74, 6) is -3.35. The van der Waals surface area contributed by atoms with Gasteiger partial charge in [-0.15, -0.1) is 0 Å². The van der Waals surface area contributed by atoms with Crippen LogP contribution in [0.2, 0.25) is 0 Å². The molecule has 0 saturated heterocycles. The van der Waals surface area contributed by atoms with Crippen molar-refractivity contribution in [1.82, 2.24) is 0 Å². The molecule has 1 aliphatic heterocycles. The van der Waals surface area contributed by atoms with E-state index in [-0.39, 0.29) is 18.5 Å². The summed E-state index contributed by atoms with van der Waals surface area (Å²) in [5.41, 5.74) is -2.19. The first-order chi connectivity index (χ1) is 14.7. The van der Waals surface area contributed by atoms with Crippen LogP contribution in [0.25, 0.3) is 0 Å². The minimum atomic E-state index is -5.90. The molecule has 1 aromatic rings. The van der Waals surface area contributed by atoms with Crippen molar-refractivity contribution in [3.05, 3.63) is 53.0 Å². The average Bonchev–Trinajstić information content (AvgIpc) is 2.90. The number of halogens is 9. The number of hydrogen-bond acceptors (Lipinski definition) is 3. The van der Waals surface area contributed by atoms with Crippen LogP contribution in [0.1, 0.15) is 31.2 Å². The van der Waals surface area contributed by atoms with Crippen molar-refractivity contribution in [2.24, 2.45) is 17.1 Å². The molecule has 3 nitrogen and oxygen atoms in total. The van der Waals surface area contributed by atoms with Gasteiger partial charge in [0.05, 0.1) is 17.2 Å². The van der Waals surface area contributed by atoms with Crippen LogP contribution in [0.4, 0.5) is 45.2 Å². The molecular weight excluding hydrogens is 453 g/mol. The minimum absolute atomic E-state index is 0.0258. The van der Waals surface area contributed by atoms with Crippen molar-refractivity contribution >= 4 is 5.69 Å². The maximum absolute atomic E-state index is 14.2. The molecular formula is C20H16F9N3. The van der Waals surface area contributed by atoms with Gasteiger partial charge in [0.15, 0.2) is 0 Å². The maximum atomic E-state index is 14.2. The fourth-order valence-corrected chi connectivity index (χ4v) is 4.42. The van der Waals surface area contributed by atoms with Crippen LogP contribution < -0.4 is 10.6 Å². The third-order valence-electron chi connectivity index (χ3n) is 5.79. The third-order valence-corrected chi connectivity index (χ3v) is 5.79. The molecule has 12 heteroatoms. The molecule has 3 rings (SSSR count). The highest BCUT2D eigenvalue weighted by Gasteiger charge is 2.78. The van der Waals surface area contributed by atoms with E-state index in [1.165, 1.54) is 6.08 Å². The van der Waals surface area contributed by atoms with Crippen molar-refractivity contribution in [2.75, 3.05) is 4.90 Å². The molecule has 0 spiro atoms. The normalized spacial score (nSPS) is 22.1. The molecule has 0 bridgehead atoms. The van der Waals surface area contributed by atoms with E-state index in [4.69, 9.17) is 5.73 Å². The standard InChI is InChI=1S/C20H16F9N3/c21-18(22,23)11-6-8-12(9-7-11)32-15-5-3-1-2-4-13(15)17(19(24,25)26,20(27,28)29)14(10-30)16(32)31/h5-9,13H,1-4,31H2/t13-/m0/s1. The quantitative estimate of drug-likeness (QED) is 0.484. The molecule has 1 heterocycles. The van der Waals surface area contributed by atoms with Crippen LogP contribution in [-0.2, 0) is 6.18 Å². The topological polar surface area (TPSA) is 53.1 Å². The number of anilines is 1. The minimum Gasteiger partial charge on any atom is -0.384 e. The SMILES string of the molecule is N#CC1=C(N)N(c2ccc(C(F)(F)F)cc2)C2=CCCCC[C@@H]2C1(C(F)(F)F)C(F)(F)F. The Balaban J connectivity index is 2.35. The number of nitrogens with two attached hydrogens (primary N) is 1. The number of fused-ring (bicyclic) bond motifs is 1. The Morgan fingerprint density at radius 1 is 0.938 bits per heavy atom. The molecule has 2 N–H and O–H groups in total. The molecule has 0 fully saturated rings. The van der Waals surface area contributed by atoms with Gasteiger partial charge in [-0.3, -0.25) is 4.90 Å². The Bertz CT molecular complexity index is 962. The number of hydrogen-bond donors (Lipinski definition) is 1. The van der Waals surface area contributed by atoms with E-state index in [0.29, 0.717) is 18.6 Å². The summed E-state index contributed by atoms with van der Waals surface area (Å²) in [6.45, 7) is 0. The number of rotatable bonds is 1. The van der Waals surface area contributed by atoms with Crippen LogP contribution in [-0.4, -0.2) is 12.4 Å². The summed E-state index contributed by atoms with van der Waals surface area (Å²) in [6.07, 6.45) is -15.4. The molecule has 0 saturated carbocycles. The average molecular weight is 469 g/mol. The first kappa shape index (κ1) is 23.8. The molecule has 2 aliphatic rings. The van der Waals surface area contributed by atoms with Crippen molar-refractivity contribution in [3.63, 3.8) is 0 Å². The smallest absolute Gasteiger partial charge is 0.384 e. The van der Waals surface area contributed by atoms with Gasteiger partial charge in [-0.05, 0) is 43.5 Å². The fourth-order valence-electron chi connectivity index (χ4n) is 4.42. The highest BCUT2D eigenvalue weighted by molar-refractivity contribution is 5.65. The van der Waals surface area contributed by atoms with Crippen LogP contribution in [0.15, 0.2) is 47.4 Å². The van der Waals surface area contributed by atoms with E-state index in [1.807, 2.05) is 0 Å². The molecule has 1 atom stereocenters. The van der Waals surface area contributed by atoms with Gasteiger partial charge in [-0.1, -0.05) is 12.5 Å². The summed E-state index contributed by atoms with van der Waals surface area (Å²) in [6, 6.07) is 4.06. The summed E-state index contributed by atoms with van der Waals surface area (Å²) < 4.78 is 124. The lowest BCUT2D eigenvalue weighted by molar-refractivity contribution is -0.339. The third kappa shape index (κ3) is 3.47. The number of alkyl halides is 9. The van der Waals surface area contributed by atoms with Crippen LogP contribution >= 0.6 is 0 Å². The molecule has 32 heavy (non-hydrogen) atoms. The number of benzene rings is 1. The second-order valence-corrected chi connectivity index (χ2v) is 7.52. The number of nitriles is 1.